The normalized spacial score (nSPS) is 15.4. The van der Waals surface area contributed by atoms with Crippen LogP contribution in [0.2, 0.25) is 0 Å². The molecule has 1 saturated heterocycles. The molecule has 11 nitrogen and oxygen atoms in total. The van der Waals surface area contributed by atoms with Crippen molar-refractivity contribution in [2.75, 3.05) is 17.7 Å². The van der Waals surface area contributed by atoms with Crippen molar-refractivity contribution in [2.45, 2.75) is 18.9 Å². The smallest absolute Gasteiger partial charge is 0.407 e. The number of carbonyl (C=O) groups excluding carboxylic acids is 2. The first-order chi connectivity index (χ1) is 15.8. The molecule has 0 aliphatic carbocycles. The summed E-state index contributed by atoms with van der Waals surface area (Å²) in [6.07, 6.45) is 1.27. The highest BCUT2D eigenvalue weighted by Crippen LogP contribution is 2.34. The van der Waals surface area contributed by atoms with Crippen molar-refractivity contribution in [2.24, 2.45) is 5.73 Å². The molecule has 6 N–H and O–H groups in total. The zero-order valence-electron chi connectivity index (χ0n) is 17.2. The van der Waals surface area contributed by atoms with Crippen LogP contribution in [-0.2, 0) is 0 Å². The molecule has 3 aromatic rings. The fourth-order valence-corrected chi connectivity index (χ4v) is 3.83. The summed E-state index contributed by atoms with van der Waals surface area (Å²) in [5.41, 5.74) is 6.33. The van der Waals surface area contributed by atoms with Gasteiger partial charge in [-0.2, -0.15) is 0 Å². The highest BCUT2D eigenvalue weighted by molar-refractivity contribution is 6.04. The number of halogens is 1. The maximum Gasteiger partial charge on any atom is 0.407 e. The van der Waals surface area contributed by atoms with Gasteiger partial charge in [-0.3, -0.25) is 14.5 Å². The van der Waals surface area contributed by atoms with Crippen molar-refractivity contribution in [3.63, 3.8) is 0 Å². The van der Waals surface area contributed by atoms with Crippen molar-refractivity contribution in [3.05, 3.63) is 65.5 Å². The number of anilines is 1. The highest BCUT2D eigenvalue weighted by atomic mass is 19.1. The number of nitrogens with one attached hydrogen (secondary N) is 1. The Bertz CT molecular complexity index is 1240. The Kier molecular flexibility index (Phi) is 5.65. The van der Waals surface area contributed by atoms with Gasteiger partial charge in [0.15, 0.2) is 11.5 Å². The van der Waals surface area contributed by atoms with Crippen LogP contribution in [0.5, 0.6) is 0 Å². The molecule has 33 heavy (non-hydrogen) atoms. The number of imidazole rings is 1. The number of likely N-dealkylation sites (tertiary alicyclic amines) is 1. The van der Waals surface area contributed by atoms with Gasteiger partial charge < -0.3 is 22.0 Å². The van der Waals surface area contributed by atoms with Gasteiger partial charge in [0.05, 0.1) is 6.04 Å². The molecule has 1 aliphatic rings. The molecule has 3 amide bonds. The fourth-order valence-electron chi connectivity index (χ4n) is 3.83. The van der Waals surface area contributed by atoms with Crippen LogP contribution < -0.4 is 16.9 Å². The summed E-state index contributed by atoms with van der Waals surface area (Å²) < 4.78 is 14.3. The second kappa shape index (κ2) is 8.57. The quantitative estimate of drug-likeness (QED) is 0.428. The van der Waals surface area contributed by atoms with E-state index in [2.05, 4.69) is 15.3 Å². The number of nitrogens with two attached hydrogens (primary N) is 2. The van der Waals surface area contributed by atoms with Crippen LogP contribution in [0.3, 0.4) is 0 Å². The third-order valence-corrected chi connectivity index (χ3v) is 5.35. The van der Waals surface area contributed by atoms with E-state index in [9.17, 15) is 23.9 Å². The Hall–Kier alpha value is -4.48. The van der Waals surface area contributed by atoms with E-state index >= 15 is 0 Å². The van der Waals surface area contributed by atoms with Gasteiger partial charge in [0.25, 0.3) is 11.8 Å². The minimum absolute atomic E-state index is 0.0613. The number of benzene rings is 1. The minimum Gasteiger partial charge on any atom is -0.465 e. The molecule has 3 heterocycles. The van der Waals surface area contributed by atoms with Crippen LogP contribution in [0.1, 0.15) is 45.6 Å². The molecule has 2 aromatic heterocycles. The molecule has 1 fully saturated rings. The number of pyridine rings is 1. The Morgan fingerprint density at radius 2 is 1.91 bits per heavy atom. The van der Waals surface area contributed by atoms with E-state index in [1.54, 1.807) is 12.1 Å². The molecule has 0 spiro atoms. The Labute approximate surface area is 186 Å². The third kappa shape index (κ3) is 4.18. The van der Waals surface area contributed by atoms with Gasteiger partial charge in [-0.1, -0.05) is 12.1 Å². The fraction of sp³-hybridized carbons (Fsp3) is 0.190. The largest absolute Gasteiger partial charge is 0.465 e. The molecular weight excluding hydrogens is 433 g/mol. The molecule has 1 aromatic carbocycles. The number of nitrogens with zero attached hydrogens (tertiary/aromatic N) is 4. The Morgan fingerprint density at radius 3 is 2.55 bits per heavy atom. The summed E-state index contributed by atoms with van der Waals surface area (Å²) in [7, 11) is 0. The lowest BCUT2D eigenvalue weighted by Crippen LogP contribution is -2.32. The molecule has 0 radical (unpaired) electrons. The minimum atomic E-state index is -1.11. The van der Waals surface area contributed by atoms with E-state index in [1.807, 2.05) is 0 Å². The summed E-state index contributed by atoms with van der Waals surface area (Å²) in [4.78, 5) is 45.6. The number of primary amides is 1. The van der Waals surface area contributed by atoms with Gasteiger partial charge in [-0.25, -0.2) is 23.8 Å². The molecular formula is C21H20FN7O4. The topological polar surface area (TPSA) is 169 Å². The zero-order valence-corrected chi connectivity index (χ0v) is 17.2. The van der Waals surface area contributed by atoms with E-state index in [0.29, 0.717) is 24.9 Å². The lowest BCUT2D eigenvalue weighted by molar-refractivity contribution is 0.0991. The lowest BCUT2D eigenvalue weighted by Gasteiger charge is -2.20. The van der Waals surface area contributed by atoms with Gasteiger partial charge in [-0.05, 0) is 31.0 Å². The predicted molar refractivity (Wildman–Crippen MR) is 115 cm³/mol. The number of aromatic nitrogens is 3. The lowest BCUT2D eigenvalue weighted by atomic mass is 10.1. The van der Waals surface area contributed by atoms with Crippen LogP contribution in [0.25, 0.3) is 11.3 Å². The van der Waals surface area contributed by atoms with Gasteiger partial charge >= 0.3 is 6.09 Å². The number of carboxylic acid groups (broad SMARTS) is 1. The average Bonchev–Trinajstić information content (AvgIpc) is 3.38. The van der Waals surface area contributed by atoms with Crippen LogP contribution in [-0.4, -0.2) is 49.1 Å². The molecule has 0 saturated carbocycles. The second-order valence-electron chi connectivity index (χ2n) is 7.43. The molecule has 4 rings (SSSR count). The third-order valence-electron chi connectivity index (χ3n) is 5.35. The maximum absolute atomic E-state index is 13.3. The number of rotatable bonds is 5. The van der Waals surface area contributed by atoms with Crippen molar-refractivity contribution >= 4 is 23.7 Å². The van der Waals surface area contributed by atoms with Crippen molar-refractivity contribution < 1.29 is 23.9 Å². The Morgan fingerprint density at radius 1 is 1.18 bits per heavy atom. The SMILES string of the molecule is NC(=O)c1c(-c2ccc(C(=O)Nc3cc(F)ccn3)cc2)nc([C@@H]2CCCN2C(=O)O)n1N. The standard InChI is InChI=1S/C21H20FN7O4/c22-13-7-8-25-15(10-13)26-20(31)12-5-3-11(4-6-12)16-17(18(23)30)29(24)19(27-16)14-2-1-9-28(14)21(32)33/h3-8,10,14H,1-2,9,24H2,(H2,23,30)(H,32,33)(H,25,26,31)/t14-/m0/s1. The summed E-state index contributed by atoms with van der Waals surface area (Å²) >= 11 is 0. The van der Waals surface area contributed by atoms with Gasteiger partial charge in [0.1, 0.15) is 17.3 Å². The van der Waals surface area contributed by atoms with E-state index < -0.39 is 29.8 Å². The van der Waals surface area contributed by atoms with Gasteiger partial charge in [0.2, 0.25) is 0 Å². The van der Waals surface area contributed by atoms with Crippen LogP contribution >= 0.6 is 0 Å². The summed E-state index contributed by atoms with van der Waals surface area (Å²) in [6.45, 7) is 0.331. The van der Waals surface area contributed by atoms with Crippen LogP contribution in [0, 0.1) is 5.82 Å². The van der Waals surface area contributed by atoms with Gasteiger partial charge in [-0.15, -0.1) is 0 Å². The maximum atomic E-state index is 13.3. The molecule has 1 atom stereocenters. The van der Waals surface area contributed by atoms with E-state index in [-0.39, 0.29) is 28.6 Å². The monoisotopic (exact) mass is 453 g/mol. The van der Waals surface area contributed by atoms with Crippen molar-refractivity contribution in [1.29, 1.82) is 0 Å². The summed E-state index contributed by atoms with van der Waals surface area (Å²) in [6, 6.07) is 7.72. The highest BCUT2D eigenvalue weighted by Gasteiger charge is 2.35. The number of hydrogen-bond donors (Lipinski definition) is 4. The van der Waals surface area contributed by atoms with Crippen molar-refractivity contribution in [1.82, 2.24) is 19.5 Å². The van der Waals surface area contributed by atoms with E-state index in [4.69, 9.17) is 11.6 Å². The van der Waals surface area contributed by atoms with E-state index in [0.717, 1.165) is 16.8 Å². The molecule has 0 bridgehead atoms. The first-order valence-corrected chi connectivity index (χ1v) is 9.96. The predicted octanol–water partition coefficient (Wildman–Crippen LogP) is 1.96. The second-order valence-corrected chi connectivity index (χ2v) is 7.43. The number of amides is 3. The van der Waals surface area contributed by atoms with Crippen molar-refractivity contribution in [3.8, 4) is 11.3 Å². The number of nitrogen functional groups attached to an aromatic ring is 1. The van der Waals surface area contributed by atoms with E-state index in [1.165, 1.54) is 23.2 Å². The van der Waals surface area contributed by atoms with Gasteiger partial charge in [0, 0.05) is 29.9 Å². The van der Waals surface area contributed by atoms with Crippen LogP contribution in [0.4, 0.5) is 15.0 Å². The first kappa shape index (κ1) is 21.7. The number of hydrogen-bond acceptors (Lipinski definition) is 6. The van der Waals surface area contributed by atoms with Crippen LogP contribution in [0.15, 0.2) is 42.6 Å². The average molecular weight is 453 g/mol. The summed E-state index contributed by atoms with van der Waals surface area (Å²) in [5.74, 6) is 4.48. The first-order valence-electron chi connectivity index (χ1n) is 9.96. The summed E-state index contributed by atoms with van der Waals surface area (Å²) in [5, 5.41) is 11.9. The molecule has 170 valence electrons. The molecule has 12 heteroatoms. The molecule has 0 unspecified atom stereocenters. The zero-order chi connectivity index (χ0) is 23.7. The Balaban J connectivity index is 1.64. The number of carbonyl (C=O) groups is 3. The molecule has 1 aliphatic heterocycles.